The minimum atomic E-state index is -3.22. The molecule has 0 saturated heterocycles. The topological polar surface area (TPSA) is 144 Å². The van der Waals surface area contributed by atoms with Crippen molar-refractivity contribution in [2.24, 2.45) is 5.73 Å². The van der Waals surface area contributed by atoms with Crippen LogP contribution in [0.15, 0.2) is 29.2 Å². The molecule has 0 aliphatic heterocycles. The van der Waals surface area contributed by atoms with Crippen molar-refractivity contribution in [1.82, 2.24) is 10.2 Å². The third kappa shape index (κ3) is 3.31. The molecule has 0 spiro atoms. The highest BCUT2D eigenvalue weighted by Crippen LogP contribution is 2.18. The molecular weight excluding hydrogens is 294 g/mol. The molecule has 0 aliphatic rings. The molecule has 0 aliphatic carbocycles. The predicted octanol–water partition coefficient (Wildman–Crippen LogP) is 0.106. The second-order valence-electron chi connectivity index (χ2n) is 4.49. The van der Waals surface area contributed by atoms with Crippen LogP contribution < -0.4 is 16.8 Å². The van der Waals surface area contributed by atoms with Crippen LogP contribution in [0, 0.1) is 0 Å². The first-order valence-corrected chi connectivity index (χ1v) is 7.84. The smallest absolute Gasteiger partial charge is 0.256 e. The number of nitrogens with one attached hydrogen (secondary N) is 2. The highest BCUT2D eigenvalue weighted by atomic mass is 32.2. The summed E-state index contributed by atoms with van der Waals surface area (Å²) in [4.78, 5) is 11.5. The predicted molar refractivity (Wildman–Crippen MR) is 78.4 cm³/mol. The summed E-state index contributed by atoms with van der Waals surface area (Å²) in [6.07, 6.45) is 1.14. The first-order chi connectivity index (χ1) is 9.79. The number of hydrogen-bond donors (Lipinski definition) is 4. The zero-order valence-electron chi connectivity index (χ0n) is 11.3. The number of nitrogen functional groups attached to an aromatic ring is 1. The fraction of sp³-hybridized carbons (Fsp3) is 0.167. The number of sulfone groups is 1. The highest BCUT2D eigenvalue weighted by Gasteiger charge is 2.16. The lowest BCUT2D eigenvalue weighted by Gasteiger charge is -2.06. The number of H-pyrrole nitrogens is 1. The number of carbonyl (C=O) groups is 1. The Hall–Kier alpha value is -2.55. The number of benzene rings is 1. The van der Waals surface area contributed by atoms with E-state index < -0.39 is 15.7 Å². The standard InChI is InChI=1S/C12H15N5O3S/c1-21(19,20)8-4-2-7(3-5-8)6-15-12-9(11(14)18)10(13)16-17-12/h2-5H,6H2,1H3,(H2,14,18)(H4,13,15,16,17). The summed E-state index contributed by atoms with van der Waals surface area (Å²) in [6.45, 7) is 0.342. The van der Waals surface area contributed by atoms with Crippen LogP contribution in [0.3, 0.4) is 0 Å². The molecule has 8 nitrogen and oxygen atoms in total. The van der Waals surface area contributed by atoms with Crippen molar-refractivity contribution in [3.63, 3.8) is 0 Å². The number of rotatable bonds is 5. The van der Waals surface area contributed by atoms with Crippen LogP contribution in [-0.2, 0) is 16.4 Å². The summed E-state index contributed by atoms with van der Waals surface area (Å²) >= 11 is 0. The zero-order valence-corrected chi connectivity index (χ0v) is 12.1. The van der Waals surface area contributed by atoms with Gasteiger partial charge in [-0.05, 0) is 17.7 Å². The average molecular weight is 309 g/mol. The molecule has 2 rings (SSSR count). The number of anilines is 2. The number of amides is 1. The van der Waals surface area contributed by atoms with E-state index >= 15 is 0 Å². The van der Waals surface area contributed by atoms with E-state index in [0.29, 0.717) is 6.54 Å². The van der Waals surface area contributed by atoms with Crippen molar-refractivity contribution < 1.29 is 13.2 Å². The summed E-state index contributed by atoms with van der Waals surface area (Å²) in [5.41, 5.74) is 11.7. The van der Waals surface area contributed by atoms with E-state index in [0.717, 1.165) is 11.8 Å². The number of aromatic nitrogens is 2. The molecule has 0 saturated carbocycles. The van der Waals surface area contributed by atoms with E-state index in [-0.39, 0.29) is 22.1 Å². The SMILES string of the molecule is CS(=O)(=O)c1ccc(CNc2n[nH]c(N)c2C(N)=O)cc1. The molecule has 0 radical (unpaired) electrons. The van der Waals surface area contributed by atoms with Gasteiger partial charge in [0, 0.05) is 12.8 Å². The Morgan fingerprint density at radius 1 is 1.33 bits per heavy atom. The fourth-order valence-corrected chi connectivity index (χ4v) is 2.40. The van der Waals surface area contributed by atoms with Crippen LogP contribution in [0.4, 0.5) is 11.6 Å². The first-order valence-electron chi connectivity index (χ1n) is 5.95. The van der Waals surface area contributed by atoms with Crippen molar-refractivity contribution in [1.29, 1.82) is 0 Å². The van der Waals surface area contributed by atoms with E-state index in [2.05, 4.69) is 15.5 Å². The largest absolute Gasteiger partial charge is 0.383 e. The van der Waals surface area contributed by atoms with Crippen LogP contribution in [0.5, 0.6) is 0 Å². The van der Waals surface area contributed by atoms with Gasteiger partial charge in [-0.15, -0.1) is 0 Å². The third-order valence-electron chi connectivity index (χ3n) is 2.85. The minimum absolute atomic E-state index is 0.0948. The Kier molecular flexibility index (Phi) is 3.85. The lowest BCUT2D eigenvalue weighted by Crippen LogP contribution is -2.15. The minimum Gasteiger partial charge on any atom is -0.383 e. The van der Waals surface area contributed by atoms with Gasteiger partial charge in [0.1, 0.15) is 11.4 Å². The molecule has 1 aromatic carbocycles. The molecule has 1 amide bonds. The normalized spacial score (nSPS) is 11.3. The number of hydrogen-bond acceptors (Lipinski definition) is 6. The van der Waals surface area contributed by atoms with E-state index in [9.17, 15) is 13.2 Å². The van der Waals surface area contributed by atoms with Gasteiger partial charge < -0.3 is 16.8 Å². The van der Waals surface area contributed by atoms with Gasteiger partial charge in [0.2, 0.25) is 0 Å². The fourth-order valence-electron chi connectivity index (χ4n) is 1.77. The molecule has 2 aromatic rings. The van der Waals surface area contributed by atoms with Gasteiger partial charge in [0.15, 0.2) is 15.7 Å². The number of carbonyl (C=O) groups excluding carboxylic acids is 1. The molecule has 1 aromatic heterocycles. The molecule has 0 fully saturated rings. The molecule has 21 heavy (non-hydrogen) atoms. The maximum Gasteiger partial charge on any atom is 0.256 e. The quantitative estimate of drug-likeness (QED) is 0.617. The summed E-state index contributed by atoms with van der Waals surface area (Å²) in [6, 6.07) is 6.37. The van der Waals surface area contributed by atoms with Crippen molar-refractivity contribution >= 4 is 27.4 Å². The molecule has 112 valence electrons. The molecule has 0 bridgehead atoms. The van der Waals surface area contributed by atoms with Crippen LogP contribution >= 0.6 is 0 Å². The number of nitrogens with two attached hydrogens (primary N) is 2. The lowest BCUT2D eigenvalue weighted by molar-refractivity contribution is 0.100. The van der Waals surface area contributed by atoms with Gasteiger partial charge in [-0.2, -0.15) is 5.10 Å². The highest BCUT2D eigenvalue weighted by molar-refractivity contribution is 7.90. The van der Waals surface area contributed by atoms with Crippen molar-refractivity contribution in [2.45, 2.75) is 11.4 Å². The molecule has 0 atom stereocenters. The second-order valence-corrected chi connectivity index (χ2v) is 6.51. The van der Waals surface area contributed by atoms with E-state index in [1.807, 2.05) is 0 Å². The van der Waals surface area contributed by atoms with Gasteiger partial charge >= 0.3 is 0 Å². The maximum absolute atomic E-state index is 11.4. The van der Waals surface area contributed by atoms with Crippen LogP contribution in [0.25, 0.3) is 0 Å². The summed E-state index contributed by atoms with van der Waals surface area (Å²) < 4.78 is 22.7. The monoisotopic (exact) mass is 309 g/mol. The number of aromatic amines is 1. The Bertz CT molecular complexity index is 765. The van der Waals surface area contributed by atoms with Gasteiger partial charge in [-0.3, -0.25) is 9.89 Å². The summed E-state index contributed by atoms with van der Waals surface area (Å²) in [5.74, 6) is -0.333. The van der Waals surface area contributed by atoms with E-state index in [4.69, 9.17) is 11.5 Å². The van der Waals surface area contributed by atoms with Crippen LogP contribution in [0.1, 0.15) is 15.9 Å². The van der Waals surface area contributed by atoms with Gasteiger partial charge in [0.25, 0.3) is 5.91 Å². The lowest BCUT2D eigenvalue weighted by atomic mass is 10.2. The Morgan fingerprint density at radius 2 is 1.95 bits per heavy atom. The number of primary amides is 1. The van der Waals surface area contributed by atoms with Gasteiger partial charge in [-0.1, -0.05) is 12.1 Å². The van der Waals surface area contributed by atoms with Gasteiger partial charge in [-0.25, -0.2) is 8.42 Å². The average Bonchev–Trinajstić information content (AvgIpc) is 2.77. The van der Waals surface area contributed by atoms with E-state index in [1.54, 1.807) is 12.1 Å². The Morgan fingerprint density at radius 3 is 2.48 bits per heavy atom. The van der Waals surface area contributed by atoms with Gasteiger partial charge in [0.05, 0.1) is 4.90 Å². The zero-order chi connectivity index (χ0) is 15.6. The van der Waals surface area contributed by atoms with Crippen LogP contribution in [-0.4, -0.2) is 30.8 Å². The van der Waals surface area contributed by atoms with Crippen molar-refractivity contribution in [3.8, 4) is 0 Å². The van der Waals surface area contributed by atoms with Crippen LogP contribution in [0.2, 0.25) is 0 Å². The molecule has 1 heterocycles. The molecular formula is C12H15N5O3S. The maximum atomic E-state index is 11.4. The Balaban J connectivity index is 2.12. The van der Waals surface area contributed by atoms with Crippen molar-refractivity contribution in [3.05, 3.63) is 35.4 Å². The molecule has 6 N–H and O–H groups in total. The molecule has 9 heteroatoms. The Labute approximate surface area is 121 Å². The third-order valence-corrected chi connectivity index (χ3v) is 3.98. The summed E-state index contributed by atoms with van der Waals surface area (Å²) in [7, 11) is -3.22. The second kappa shape index (κ2) is 5.44. The number of nitrogens with zero attached hydrogens (tertiary/aromatic N) is 1. The molecule has 0 unspecified atom stereocenters. The first kappa shape index (κ1) is 14.9. The van der Waals surface area contributed by atoms with E-state index in [1.165, 1.54) is 12.1 Å². The van der Waals surface area contributed by atoms with Crippen molar-refractivity contribution in [2.75, 3.05) is 17.3 Å². The summed E-state index contributed by atoms with van der Waals surface area (Å²) in [5, 5.41) is 9.24.